The van der Waals surface area contributed by atoms with E-state index in [-0.39, 0.29) is 12.0 Å². The van der Waals surface area contributed by atoms with Crippen molar-refractivity contribution in [2.45, 2.75) is 52.2 Å². The van der Waals surface area contributed by atoms with Crippen LogP contribution >= 0.6 is 0 Å². The molecule has 2 rings (SSSR count). The smallest absolute Gasteiger partial charge is 0.410 e. The second-order valence-corrected chi connectivity index (χ2v) is 7.02. The van der Waals surface area contributed by atoms with E-state index in [0.717, 1.165) is 18.4 Å². The highest BCUT2D eigenvalue weighted by Crippen LogP contribution is 2.31. The van der Waals surface area contributed by atoms with Crippen LogP contribution in [0.4, 0.5) is 4.79 Å². The number of amides is 1. The van der Waals surface area contributed by atoms with Crippen molar-refractivity contribution in [3.8, 4) is 0 Å². The van der Waals surface area contributed by atoms with Gasteiger partial charge in [-0.3, -0.25) is 0 Å². The fourth-order valence-electron chi connectivity index (χ4n) is 2.76. The van der Waals surface area contributed by atoms with Gasteiger partial charge in [-0.25, -0.2) is 4.79 Å². The molecule has 0 aromatic heterocycles. The van der Waals surface area contributed by atoms with Gasteiger partial charge in [0.25, 0.3) is 0 Å². The lowest BCUT2D eigenvalue weighted by molar-refractivity contribution is 0.0268. The zero-order valence-electron chi connectivity index (χ0n) is 14.0. The maximum atomic E-state index is 12.1. The number of aryl methyl sites for hydroxylation is 1. The van der Waals surface area contributed by atoms with E-state index in [0.29, 0.717) is 13.1 Å². The average molecular weight is 305 g/mol. The van der Waals surface area contributed by atoms with Gasteiger partial charge in [0.05, 0.1) is 6.10 Å². The quantitative estimate of drug-likeness (QED) is 0.929. The largest absolute Gasteiger partial charge is 0.444 e. The van der Waals surface area contributed by atoms with E-state index in [4.69, 9.17) is 4.74 Å². The van der Waals surface area contributed by atoms with Crippen molar-refractivity contribution in [3.05, 3.63) is 35.4 Å². The van der Waals surface area contributed by atoms with Crippen molar-refractivity contribution in [1.82, 2.24) is 4.90 Å². The van der Waals surface area contributed by atoms with Gasteiger partial charge in [0.15, 0.2) is 0 Å². The molecule has 22 heavy (non-hydrogen) atoms. The molecule has 1 amide bonds. The Morgan fingerprint density at radius 1 is 1.36 bits per heavy atom. The number of hydrogen-bond acceptors (Lipinski definition) is 3. The van der Waals surface area contributed by atoms with Gasteiger partial charge in [-0.2, -0.15) is 0 Å². The molecule has 1 saturated heterocycles. The summed E-state index contributed by atoms with van der Waals surface area (Å²) < 4.78 is 5.39. The number of ether oxygens (including phenoxy) is 1. The third-order valence-corrected chi connectivity index (χ3v) is 4.05. The van der Waals surface area contributed by atoms with Crippen LogP contribution in [0.5, 0.6) is 0 Å². The molecule has 1 aliphatic rings. The lowest BCUT2D eigenvalue weighted by atomic mass is 9.94. The monoisotopic (exact) mass is 305 g/mol. The second kappa shape index (κ2) is 6.69. The van der Waals surface area contributed by atoms with Gasteiger partial charge >= 0.3 is 6.09 Å². The molecular weight excluding hydrogens is 278 g/mol. The average Bonchev–Trinajstić information content (AvgIpc) is 2.95. The van der Waals surface area contributed by atoms with Crippen LogP contribution in [0.3, 0.4) is 0 Å². The molecular formula is C18H27NO3. The summed E-state index contributed by atoms with van der Waals surface area (Å²) in [6.07, 6.45) is 0.976. The van der Waals surface area contributed by atoms with E-state index in [1.807, 2.05) is 32.9 Å². The van der Waals surface area contributed by atoms with E-state index < -0.39 is 11.7 Å². The second-order valence-electron chi connectivity index (χ2n) is 7.02. The summed E-state index contributed by atoms with van der Waals surface area (Å²) in [5, 5.41) is 10.5. The molecule has 0 radical (unpaired) electrons. The van der Waals surface area contributed by atoms with Crippen LogP contribution in [-0.4, -0.2) is 34.8 Å². The van der Waals surface area contributed by atoms with Crippen LogP contribution < -0.4 is 0 Å². The standard InChI is InChI=1S/C18H27NO3/c1-5-13-6-8-14(9-7-13)16(20)15-10-11-19(12-15)17(21)22-18(2,3)4/h6-9,15-16,20H,5,10-12H2,1-4H3. The fourth-order valence-corrected chi connectivity index (χ4v) is 2.76. The lowest BCUT2D eigenvalue weighted by Gasteiger charge is -2.25. The maximum Gasteiger partial charge on any atom is 0.410 e. The third-order valence-electron chi connectivity index (χ3n) is 4.05. The van der Waals surface area contributed by atoms with Crippen molar-refractivity contribution in [2.75, 3.05) is 13.1 Å². The lowest BCUT2D eigenvalue weighted by Crippen LogP contribution is -2.35. The van der Waals surface area contributed by atoms with Gasteiger partial charge < -0.3 is 14.7 Å². The molecule has 1 fully saturated rings. The highest BCUT2D eigenvalue weighted by atomic mass is 16.6. The molecule has 4 heteroatoms. The van der Waals surface area contributed by atoms with Gasteiger partial charge in [0.2, 0.25) is 0 Å². The minimum atomic E-state index is -0.529. The van der Waals surface area contributed by atoms with Gasteiger partial charge in [-0.05, 0) is 44.7 Å². The van der Waals surface area contributed by atoms with Crippen LogP contribution in [0.1, 0.15) is 51.3 Å². The first-order valence-electron chi connectivity index (χ1n) is 8.05. The summed E-state index contributed by atoms with van der Waals surface area (Å²) in [4.78, 5) is 13.8. The fraction of sp³-hybridized carbons (Fsp3) is 0.611. The molecule has 4 nitrogen and oxygen atoms in total. The molecule has 2 atom stereocenters. The molecule has 0 bridgehead atoms. The molecule has 0 aliphatic carbocycles. The van der Waals surface area contributed by atoms with E-state index >= 15 is 0 Å². The van der Waals surface area contributed by atoms with Gasteiger partial charge in [0.1, 0.15) is 5.60 Å². The molecule has 0 spiro atoms. The summed E-state index contributed by atoms with van der Waals surface area (Å²) in [5.74, 6) is 0.0694. The van der Waals surface area contributed by atoms with Crippen molar-refractivity contribution in [1.29, 1.82) is 0 Å². The summed E-state index contributed by atoms with van der Waals surface area (Å²) in [6.45, 7) is 8.89. The van der Waals surface area contributed by atoms with Crippen molar-refractivity contribution in [2.24, 2.45) is 5.92 Å². The number of rotatable bonds is 3. The highest BCUT2D eigenvalue weighted by molar-refractivity contribution is 5.68. The number of aliphatic hydroxyl groups excluding tert-OH is 1. The Morgan fingerprint density at radius 2 is 2.00 bits per heavy atom. The van der Waals surface area contributed by atoms with Gasteiger partial charge in [-0.15, -0.1) is 0 Å². The van der Waals surface area contributed by atoms with Crippen molar-refractivity contribution < 1.29 is 14.6 Å². The number of nitrogens with zero attached hydrogens (tertiary/aromatic N) is 1. The molecule has 122 valence electrons. The van der Waals surface area contributed by atoms with E-state index in [2.05, 4.69) is 19.1 Å². The summed E-state index contributed by atoms with van der Waals surface area (Å²) >= 11 is 0. The zero-order valence-corrected chi connectivity index (χ0v) is 14.0. The van der Waals surface area contributed by atoms with Crippen LogP contribution in [-0.2, 0) is 11.2 Å². The number of carbonyl (C=O) groups excluding carboxylic acids is 1. The summed E-state index contributed by atoms with van der Waals surface area (Å²) in [7, 11) is 0. The molecule has 1 aromatic rings. The molecule has 1 heterocycles. The highest BCUT2D eigenvalue weighted by Gasteiger charge is 2.33. The summed E-state index contributed by atoms with van der Waals surface area (Å²) in [6, 6.07) is 8.08. The first-order chi connectivity index (χ1) is 10.3. The predicted molar refractivity (Wildman–Crippen MR) is 86.7 cm³/mol. The van der Waals surface area contributed by atoms with Crippen LogP contribution in [0, 0.1) is 5.92 Å². The Labute approximate surface area is 133 Å². The number of benzene rings is 1. The zero-order chi connectivity index (χ0) is 16.3. The Bertz CT molecular complexity index is 504. The van der Waals surface area contributed by atoms with Crippen LogP contribution in [0.25, 0.3) is 0 Å². The van der Waals surface area contributed by atoms with E-state index in [1.54, 1.807) is 4.90 Å². The first-order valence-corrected chi connectivity index (χ1v) is 8.05. The Hall–Kier alpha value is -1.55. The number of likely N-dealkylation sites (tertiary alicyclic amines) is 1. The van der Waals surface area contributed by atoms with E-state index in [1.165, 1.54) is 5.56 Å². The van der Waals surface area contributed by atoms with Gasteiger partial charge in [0, 0.05) is 19.0 Å². The van der Waals surface area contributed by atoms with Crippen molar-refractivity contribution >= 4 is 6.09 Å². The number of aliphatic hydroxyl groups is 1. The minimum Gasteiger partial charge on any atom is -0.444 e. The molecule has 1 aromatic carbocycles. The predicted octanol–water partition coefficient (Wildman–Crippen LogP) is 3.54. The van der Waals surface area contributed by atoms with Crippen LogP contribution in [0.2, 0.25) is 0 Å². The van der Waals surface area contributed by atoms with Crippen molar-refractivity contribution in [3.63, 3.8) is 0 Å². The first kappa shape index (κ1) is 16.8. The molecule has 1 aliphatic heterocycles. The topological polar surface area (TPSA) is 49.8 Å². The maximum absolute atomic E-state index is 12.1. The molecule has 2 unspecified atom stereocenters. The Morgan fingerprint density at radius 3 is 2.55 bits per heavy atom. The Kier molecular flexibility index (Phi) is 5.12. The number of carbonyl (C=O) groups is 1. The number of hydrogen-bond donors (Lipinski definition) is 1. The molecule has 1 N–H and O–H groups in total. The van der Waals surface area contributed by atoms with Crippen LogP contribution in [0.15, 0.2) is 24.3 Å². The third kappa shape index (κ3) is 4.23. The van der Waals surface area contributed by atoms with E-state index in [9.17, 15) is 9.90 Å². The molecule has 0 saturated carbocycles. The summed E-state index contributed by atoms with van der Waals surface area (Å²) in [5.41, 5.74) is 1.70. The van der Waals surface area contributed by atoms with Gasteiger partial charge in [-0.1, -0.05) is 31.2 Å². The normalized spacial score (nSPS) is 20.0. The minimum absolute atomic E-state index is 0.0694. The Balaban J connectivity index is 1.95. The SMILES string of the molecule is CCc1ccc(C(O)C2CCN(C(=O)OC(C)(C)C)C2)cc1.